The molecule has 3 N–H and O–H groups in total. The largest absolute Gasteiger partial charge is 0.370 e. The van der Waals surface area contributed by atoms with E-state index < -0.39 is 0 Å². The van der Waals surface area contributed by atoms with Crippen molar-refractivity contribution in [2.24, 2.45) is 5.73 Å². The maximum Gasteiger partial charge on any atom is 0.218 e. The fourth-order valence-electron chi connectivity index (χ4n) is 2.22. The number of carbonyl (C=O) groups is 1. The molecular formula is C13H17FN2O. The Hall–Kier alpha value is -1.42. The fraction of sp³-hybridized carbons (Fsp3) is 0.462. The van der Waals surface area contributed by atoms with Crippen LogP contribution in [0.25, 0.3) is 0 Å². The lowest BCUT2D eigenvalue weighted by Gasteiger charge is -2.36. The highest BCUT2D eigenvalue weighted by Crippen LogP contribution is 2.36. The second-order valence-electron chi connectivity index (χ2n) is 4.59. The molecule has 1 saturated carbocycles. The minimum Gasteiger partial charge on any atom is -0.370 e. The Kier molecular flexibility index (Phi) is 3.74. The third kappa shape index (κ3) is 3.27. The number of rotatable bonds is 5. The normalized spacial score (nSPS) is 23.1. The number of halogens is 1. The number of hydrogen-bond acceptors (Lipinski definition) is 2. The fourth-order valence-corrected chi connectivity index (χ4v) is 2.22. The van der Waals surface area contributed by atoms with Gasteiger partial charge in [-0.25, -0.2) is 4.39 Å². The van der Waals surface area contributed by atoms with Crippen LogP contribution < -0.4 is 11.1 Å². The molecule has 0 spiro atoms. The van der Waals surface area contributed by atoms with Crippen LogP contribution in [0, 0.1) is 5.82 Å². The topological polar surface area (TPSA) is 55.1 Å². The third-order valence-corrected chi connectivity index (χ3v) is 3.26. The van der Waals surface area contributed by atoms with Gasteiger partial charge < -0.3 is 11.1 Å². The zero-order valence-corrected chi connectivity index (χ0v) is 9.66. The van der Waals surface area contributed by atoms with Gasteiger partial charge in [0, 0.05) is 19.0 Å². The van der Waals surface area contributed by atoms with Crippen molar-refractivity contribution in [3.63, 3.8) is 0 Å². The van der Waals surface area contributed by atoms with E-state index in [-0.39, 0.29) is 11.7 Å². The Bertz CT molecular complexity index is 402. The highest BCUT2D eigenvalue weighted by Gasteiger charge is 2.29. The van der Waals surface area contributed by atoms with E-state index in [0.717, 1.165) is 18.4 Å². The summed E-state index contributed by atoms with van der Waals surface area (Å²) in [6.45, 7) is 0.635. The van der Waals surface area contributed by atoms with Crippen LogP contribution in [-0.2, 0) is 4.79 Å². The Morgan fingerprint density at radius 1 is 1.47 bits per heavy atom. The standard InChI is InChI=1S/C13H17FN2O/c14-11-3-1-2-9(6-11)10-7-12(8-10)16-5-4-13(15)17/h1-3,6,10,12,16H,4-5,7-8H2,(H2,15,17). The molecule has 1 aliphatic carbocycles. The Labute approximate surface area is 100 Å². The molecule has 17 heavy (non-hydrogen) atoms. The molecule has 0 bridgehead atoms. The zero-order chi connectivity index (χ0) is 12.3. The zero-order valence-electron chi connectivity index (χ0n) is 9.66. The third-order valence-electron chi connectivity index (χ3n) is 3.26. The predicted octanol–water partition coefficient (Wildman–Crippen LogP) is 1.54. The van der Waals surface area contributed by atoms with E-state index in [9.17, 15) is 9.18 Å². The van der Waals surface area contributed by atoms with Crippen molar-refractivity contribution < 1.29 is 9.18 Å². The van der Waals surface area contributed by atoms with Crippen molar-refractivity contribution in [2.45, 2.75) is 31.2 Å². The molecule has 92 valence electrons. The lowest BCUT2D eigenvalue weighted by Crippen LogP contribution is -2.41. The number of primary amides is 1. The van der Waals surface area contributed by atoms with E-state index in [2.05, 4.69) is 5.32 Å². The van der Waals surface area contributed by atoms with Gasteiger partial charge in [0.25, 0.3) is 0 Å². The van der Waals surface area contributed by atoms with Crippen LogP contribution in [0.15, 0.2) is 24.3 Å². The van der Waals surface area contributed by atoms with Crippen molar-refractivity contribution >= 4 is 5.91 Å². The molecule has 0 aliphatic heterocycles. The van der Waals surface area contributed by atoms with Crippen molar-refractivity contribution in [2.75, 3.05) is 6.54 Å². The molecule has 1 amide bonds. The highest BCUT2D eigenvalue weighted by molar-refractivity contribution is 5.73. The van der Waals surface area contributed by atoms with Gasteiger partial charge in [0.2, 0.25) is 5.91 Å². The van der Waals surface area contributed by atoms with E-state index in [0.29, 0.717) is 24.9 Å². The average Bonchev–Trinajstić information content (AvgIpc) is 2.21. The highest BCUT2D eigenvalue weighted by atomic mass is 19.1. The van der Waals surface area contributed by atoms with Gasteiger partial charge in [-0.1, -0.05) is 12.1 Å². The Morgan fingerprint density at radius 2 is 2.24 bits per heavy atom. The molecule has 0 atom stereocenters. The summed E-state index contributed by atoms with van der Waals surface area (Å²) >= 11 is 0. The van der Waals surface area contributed by atoms with Crippen molar-refractivity contribution in [1.82, 2.24) is 5.32 Å². The minimum atomic E-state index is -0.279. The molecule has 0 unspecified atom stereocenters. The second kappa shape index (κ2) is 5.27. The van der Waals surface area contributed by atoms with Gasteiger partial charge in [0.15, 0.2) is 0 Å². The summed E-state index contributed by atoms with van der Waals surface area (Å²) in [5.74, 6) is -0.0112. The number of carbonyl (C=O) groups excluding carboxylic acids is 1. The van der Waals surface area contributed by atoms with Gasteiger partial charge in [0.05, 0.1) is 0 Å². The van der Waals surface area contributed by atoms with Crippen LogP contribution in [0.5, 0.6) is 0 Å². The number of hydrogen-bond donors (Lipinski definition) is 2. The van der Waals surface area contributed by atoms with Crippen LogP contribution in [-0.4, -0.2) is 18.5 Å². The molecule has 1 aliphatic rings. The molecule has 0 heterocycles. The first-order valence-corrected chi connectivity index (χ1v) is 5.92. The summed E-state index contributed by atoms with van der Waals surface area (Å²) in [5, 5.41) is 3.27. The van der Waals surface area contributed by atoms with Gasteiger partial charge >= 0.3 is 0 Å². The summed E-state index contributed by atoms with van der Waals surface area (Å²) in [6, 6.07) is 7.21. The van der Waals surface area contributed by atoms with Crippen molar-refractivity contribution in [3.8, 4) is 0 Å². The first kappa shape index (κ1) is 12.0. The van der Waals surface area contributed by atoms with E-state index in [4.69, 9.17) is 5.73 Å². The summed E-state index contributed by atoms with van der Waals surface area (Å²) in [7, 11) is 0. The molecule has 0 radical (unpaired) electrons. The smallest absolute Gasteiger partial charge is 0.218 e. The number of benzene rings is 1. The van der Waals surface area contributed by atoms with Gasteiger partial charge in [0.1, 0.15) is 5.82 Å². The van der Waals surface area contributed by atoms with E-state index in [1.54, 1.807) is 12.1 Å². The molecule has 0 aromatic heterocycles. The van der Waals surface area contributed by atoms with E-state index in [1.807, 2.05) is 6.07 Å². The van der Waals surface area contributed by atoms with Crippen molar-refractivity contribution in [1.29, 1.82) is 0 Å². The maximum absolute atomic E-state index is 13.0. The maximum atomic E-state index is 13.0. The number of nitrogens with one attached hydrogen (secondary N) is 1. The molecule has 1 aromatic rings. The number of nitrogens with two attached hydrogens (primary N) is 1. The SMILES string of the molecule is NC(=O)CCNC1CC(c2cccc(F)c2)C1. The summed E-state index contributed by atoms with van der Waals surface area (Å²) in [4.78, 5) is 10.6. The average molecular weight is 236 g/mol. The summed E-state index contributed by atoms with van der Waals surface area (Å²) in [6.07, 6.45) is 2.38. The van der Waals surface area contributed by atoms with Crippen LogP contribution >= 0.6 is 0 Å². The first-order valence-electron chi connectivity index (χ1n) is 5.92. The summed E-state index contributed by atoms with van der Waals surface area (Å²) < 4.78 is 13.0. The second-order valence-corrected chi connectivity index (χ2v) is 4.59. The molecule has 3 nitrogen and oxygen atoms in total. The molecular weight excluding hydrogens is 219 g/mol. The minimum absolute atomic E-state index is 0.173. The lowest BCUT2D eigenvalue weighted by molar-refractivity contribution is -0.117. The van der Waals surface area contributed by atoms with Crippen LogP contribution in [0.3, 0.4) is 0 Å². The molecule has 1 fully saturated rings. The van der Waals surface area contributed by atoms with E-state index in [1.165, 1.54) is 6.07 Å². The number of amides is 1. The Balaban J connectivity index is 1.73. The molecule has 0 saturated heterocycles. The van der Waals surface area contributed by atoms with Gasteiger partial charge in [-0.05, 0) is 36.5 Å². The quantitative estimate of drug-likeness (QED) is 0.814. The van der Waals surface area contributed by atoms with Gasteiger partial charge in [-0.3, -0.25) is 4.79 Å². The first-order chi connectivity index (χ1) is 8.15. The monoisotopic (exact) mass is 236 g/mol. The van der Waals surface area contributed by atoms with Crippen LogP contribution in [0.4, 0.5) is 4.39 Å². The Morgan fingerprint density at radius 3 is 2.88 bits per heavy atom. The lowest BCUT2D eigenvalue weighted by atomic mass is 9.76. The van der Waals surface area contributed by atoms with Crippen LogP contribution in [0.2, 0.25) is 0 Å². The molecule has 1 aromatic carbocycles. The predicted molar refractivity (Wildman–Crippen MR) is 64.0 cm³/mol. The van der Waals surface area contributed by atoms with Gasteiger partial charge in [-0.2, -0.15) is 0 Å². The summed E-state index contributed by atoms with van der Waals surface area (Å²) in [5.41, 5.74) is 6.12. The van der Waals surface area contributed by atoms with E-state index >= 15 is 0 Å². The molecule has 4 heteroatoms. The van der Waals surface area contributed by atoms with Crippen LogP contribution in [0.1, 0.15) is 30.7 Å². The van der Waals surface area contributed by atoms with Crippen molar-refractivity contribution in [3.05, 3.63) is 35.6 Å². The van der Waals surface area contributed by atoms with Gasteiger partial charge in [-0.15, -0.1) is 0 Å². The molecule has 2 rings (SSSR count).